The fourth-order valence-electron chi connectivity index (χ4n) is 1.89. The van der Waals surface area contributed by atoms with E-state index in [1.165, 1.54) is 0 Å². The SMILES string of the molecule is COCCNC(=O)CNC(=O)CCc1cc(OC)cc(OC)c1. The van der Waals surface area contributed by atoms with Crippen LogP contribution in [-0.4, -0.2) is 52.8 Å². The second-order valence-corrected chi connectivity index (χ2v) is 4.84. The van der Waals surface area contributed by atoms with Crippen LogP contribution in [0.1, 0.15) is 12.0 Å². The number of carbonyl (C=O) groups is 2. The van der Waals surface area contributed by atoms with Crippen molar-refractivity contribution in [1.82, 2.24) is 10.6 Å². The zero-order valence-electron chi connectivity index (χ0n) is 13.8. The minimum atomic E-state index is -0.238. The smallest absolute Gasteiger partial charge is 0.239 e. The van der Waals surface area contributed by atoms with Crippen molar-refractivity contribution in [3.8, 4) is 11.5 Å². The fourth-order valence-corrected chi connectivity index (χ4v) is 1.89. The molecule has 23 heavy (non-hydrogen) atoms. The highest BCUT2D eigenvalue weighted by molar-refractivity contribution is 5.84. The summed E-state index contributed by atoms with van der Waals surface area (Å²) in [6.45, 7) is 0.830. The van der Waals surface area contributed by atoms with Gasteiger partial charge in [-0.2, -0.15) is 0 Å². The van der Waals surface area contributed by atoms with E-state index >= 15 is 0 Å². The van der Waals surface area contributed by atoms with Gasteiger partial charge in [0.2, 0.25) is 11.8 Å². The Labute approximate surface area is 136 Å². The van der Waals surface area contributed by atoms with Gasteiger partial charge in [-0.25, -0.2) is 0 Å². The van der Waals surface area contributed by atoms with Gasteiger partial charge in [0.25, 0.3) is 0 Å². The largest absolute Gasteiger partial charge is 0.497 e. The molecule has 1 aromatic rings. The van der Waals surface area contributed by atoms with Crippen LogP contribution in [0.15, 0.2) is 18.2 Å². The minimum Gasteiger partial charge on any atom is -0.497 e. The molecular weight excluding hydrogens is 300 g/mol. The third kappa shape index (κ3) is 7.51. The third-order valence-electron chi connectivity index (χ3n) is 3.13. The first-order valence-electron chi connectivity index (χ1n) is 7.33. The summed E-state index contributed by atoms with van der Waals surface area (Å²) in [4.78, 5) is 23.2. The molecule has 0 atom stereocenters. The fraction of sp³-hybridized carbons (Fsp3) is 0.500. The Morgan fingerprint density at radius 1 is 0.957 bits per heavy atom. The molecule has 0 aliphatic rings. The lowest BCUT2D eigenvalue weighted by Crippen LogP contribution is -2.38. The van der Waals surface area contributed by atoms with Gasteiger partial charge in [-0.1, -0.05) is 0 Å². The zero-order chi connectivity index (χ0) is 17.1. The van der Waals surface area contributed by atoms with Crippen LogP contribution < -0.4 is 20.1 Å². The molecule has 1 rings (SSSR count). The number of carbonyl (C=O) groups excluding carboxylic acids is 2. The van der Waals surface area contributed by atoms with Gasteiger partial charge in [0.15, 0.2) is 0 Å². The number of hydrogen-bond acceptors (Lipinski definition) is 5. The number of aryl methyl sites for hydroxylation is 1. The van der Waals surface area contributed by atoms with Gasteiger partial charge in [0.05, 0.1) is 27.4 Å². The Bertz CT molecular complexity index is 497. The topological polar surface area (TPSA) is 85.9 Å². The lowest BCUT2D eigenvalue weighted by atomic mass is 10.1. The summed E-state index contributed by atoms with van der Waals surface area (Å²) in [6, 6.07) is 5.48. The summed E-state index contributed by atoms with van der Waals surface area (Å²) < 4.78 is 15.2. The van der Waals surface area contributed by atoms with Crippen LogP contribution in [-0.2, 0) is 20.7 Å². The Kier molecular flexibility index (Phi) is 8.52. The van der Waals surface area contributed by atoms with Crippen molar-refractivity contribution in [2.24, 2.45) is 0 Å². The third-order valence-corrected chi connectivity index (χ3v) is 3.13. The van der Waals surface area contributed by atoms with Crippen molar-refractivity contribution in [1.29, 1.82) is 0 Å². The highest BCUT2D eigenvalue weighted by Crippen LogP contribution is 2.23. The summed E-state index contributed by atoms with van der Waals surface area (Å²) in [5.41, 5.74) is 0.931. The first-order valence-corrected chi connectivity index (χ1v) is 7.33. The van der Waals surface area contributed by atoms with Gasteiger partial charge in [0.1, 0.15) is 11.5 Å². The number of amides is 2. The van der Waals surface area contributed by atoms with Gasteiger partial charge >= 0.3 is 0 Å². The number of nitrogens with one attached hydrogen (secondary N) is 2. The van der Waals surface area contributed by atoms with Crippen LogP contribution in [0, 0.1) is 0 Å². The Morgan fingerprint density at radius 3 is 2.17 bits per heavy atom. The maximum atomic E-state index is 11.8. The Balaban J connectivity index is 2.37. The lowest BCUT2D eigenvalue weighted by molar-refractivity contribution is -0.126. The molecule has 0 aromatic heterocycles. The molecule has 7 heteroatoms. The summed E-state index contributed by atoms with van der Waals surface area (Å²) in [5, 5.41) is 5.21. The lowest BCUT2D eigenvalue weighted by Gasteiger charge is -2.09. The molecule has 2 N–H and O–H groups in total. The highest BCUT2D eigenvalue weighted by Gasteiger charge is 2.07. The van der Waals surface area contributed by atoms with E-state index in [4.69, 9.17) is 14.2 Å². The maximum absolute atomic E-state index is 11.8. The average Bonchev–Trinajstić information content (AvgIpc) is 2.57. The molecule has 0 saturated heterocycles. The van der Waals surface area contributed by atoms with Gasteiger partial charge in [0, 0.05) is 26.1 Å². The minimum absolute atomic E-state index is 0.0377. The molecule has 7 nitrogen and oxygen atoms in total. The molecule has 0 bridgehead atoms. The molecule has 0 aliphatic carbocycles. The molecule has 0 spiro atoms. The van der Waals surface area contributed by atoms with Crippen LogP contribution in [0.25, 0.3) is 0 Å². The quantitative estimate of drug-likeness (QED) is 0.613. The Hall–Kier alpha value is -2.28. The average molecular weight is 324 g/mol. The molecule has 0 saturated carbocycles. The predicted octanol–water partition coefficient (Wildman–Crippen LogP) is 0.515. The van der Waals surface area contributed by atoms with E-state index in [0.717, 1.165) is 5.56 Å². The monoisotopic (exact) mass is 324 g/mol. The second-order valence-electron chi connectivity index (χ2n) is 4.84. The second kappa shape index (κ2) is 10.4. The molecule has 0 radical (unpaired) electrons. The van der Waals surface area contributed by atoms with Gasteiger partial charge < -0.3 is 24.8 Å². The van der Waals surface area contributed by atoms with Crippen LogP contribution in [0.3, 0.4) is 0 Å². The normalized spacial score (nSPS) is 10.0. The summed E-state index contributed by atoms with van der Waals surface area (Å²) in [7, 11) is 4.71. The van der Waals surface area contributed by atoms with Crippen molar-refractivity contribution in [3.63, 3.8) is 0 Å². The number of hydrogen-bond donors (Lipinski definition) is 2. The highest BCUT2D eigenvalue weighted by atomic mass is 16.5. The van der Waals surface area contributed by atoms with E-state index in [0.29, 0.717) is 31.1 Å². The van der Waals surface area contributed by atoms with Gasteiger partial charge in [-0.15, -0.1) is 0 Å². The first-order chi connectivity index (χ1) is 11.1. The summed E-state index contributed by atoms with van der Waals surface area (Å²) >= 11 is 0. The molecule has 0 heterocycles. The van der Waals surface area contributed by atoms with E-state index in [-0.39, 0.29) is 24.8 Å². The van der Waals surface area contributed by atoms with E-state index in [9.17, 15) is 9.59 Å². The number of benzene rings is 1. The number of methoxy groups -OCH3 is 3. The summed E-state index contributed by atoms with van der Waals surface area (Å²) in [5.74, 6) is 0.932. The van der Waals surface area contributed by atoms with Crippen LogP contribution in [0.4, 0.5) is 0 Å². The van der Waals surface area contributed by atoms with Crippen LogP contribution in [0.2, 0.25) is 0 Å². The molecule has 0 fully saturated rings. The van der Waals surface area contributed by atoms with Crippen molar-refractivity contribution in [2.45, 2.75) is 12.8 Å². The van der Waals surface area contributed by atoms with Gasteiger partial charge in [-0.05, 0) is 24.1 Å². The van der Waals surface area contributed by atoms with Crippen molar-refractivity contribution in [2.75, 3.05) is 41.0 Å². The molecule has 1 aromatic carbocycles. The van der Waals surface area contributed by atoms with E-state index in [1.54, 1.807) is 27.4 Å². The van der Waals surface area contributed by atoms with Crippen LogP contribution >= 0.6 is 0 Å². The first kappa shape index (κ1) is 18.8. The van der Waals surface area contributed by atoms with Crippen molar-refractivity contribution < 1.29 is 23.8 Å². The molecular formula is C16H24N2O5. The number of rotatable bonds is 10. The Morgan fingerprint density at radius 2 is 1.61 bits per heavy atom. The van der Waals surface area contributed by atoms with E-state index in [1.807, 2.05) is 12.1 Å². The van der Waals surface area contributed by atoms with Gasteiger partial charge in [-0.3, -0.25) is 9.59 Å². The van der Waals surface area contributed by atoms with Crippen molar-refractivity contribution >= 4 is 11.8 Å². The van der Waals surface area contributed by atoms with E-state index < -0.39 is 0 Å². The predicted molar refractivity (Wildman–Crippen MR) is 85.8 cm³/mol. The zero-order valence-corrected chi connectivity index (χ0v) is 13.8. The molecule has 0 aliphatic heterocycles. The molecule has 2 amide bonds. The standard InChI is InChI=1S/C16H24N2O5/c1-21-7-6-17-16(20)11-18-15(19)5-4-12-8-13(22-2)10-14(9-12)23-3/h8-10H,4-7,11H2,1-3H3,(H,17,20)(H,18,19). The van der Waals surface area contributed by atoms with E-state index in [2.05, 4.69) is 10.6 Å². The van der Waals surface area contributed by atoms with Crippen molar-refractivity contribution in [3.05, 3.63) is 23.8 Å². The van der Waals surface area contributed by atoms with Crippen LogP contribution in [0.5, 0.6) is 11.5 Å². The molecule has 0 unspecified atom stereocenters. The molecule has 128 valence electrons. The maximum Gasteiger partial charge on any atom is 0.239 e. The number of ether oxygens (including phenoxy) is 3. The summed E-state index contributed by atoms with van der Waals surface area (Å²) in [6.07, 6.45) is 0.812.